The summed E-state index contributed by atoms with van der Waals surface area (Å²) in [6, 6.07) is 22.4. The molecule has 0 aliphatic heterocycles. The Morgan fingerprint density at radius 2 is 1.79 bits per heavy atom. The van der Waals surface area contributed by atoms with E-state index < -0.39 is 0 Å². The lowest BCUT2D eigenvalue weighted by Crippen LogP contribution is -2.30. The van der Waals surface area contributed by atoms with E-state index in [1.54, 1.807) is 12.0 Å². The van der Waals surface area contributed by atoms with Crippen molar-refractivity contribution in [2.75, 3.05) is 27.3 Å². The molecule has 5 aromatic rings. The lowest BCUT2D eigenvalue weighted by Gasteiger charge is -2.17. The number of nitrogens with zero attached hydrogens (tertiary/aromatic N) is 4. The van der Waals surface area contributed by atoms with Crippen LogP contribution in [0.4, 0.5) is 0 Å². The van der Waals surface area contributed by atoms with Crippen LogP contribution in [0.3, 0.4) is 0 Å². The highest BCUT2D eigenvalue weighted by atomic mass is 35.5. The lowest BCUT2D eigenvalue weighted by molar-refractivity contribution is 0.0745. The number of hydrogen-bond donors (Lipinski definition) is 0. The van der Waals surface area contributed by atoms with Gasteiger partial charge in [-0.15, -0.1) is 0 Å². The molecule has 0 saturated carbocycles. The highest BCUT2D eigenvalue weighted by Crippen LogP contribution is 2.32. The number of rotatable bonds is 10. The van der Waals surface area contributed by atoms with E-state index in [0.29, 0.717) is 25.3 Å². The minimum absolute atomic E-state index is 0.0315. The molecular formula is C31H31ClN4O2. The number of methoxy groups -OCH3 is 1. The Kier molecular flexibility index (Phi) is 7.91. The molecule has 6 nitrogen and oxygen atoms in total. The van der Waals surface area contributed by atoms with Gasteiger partial charge in [0.1, 0.15) is 0 Å². The molecule has 0 saturated heterocycles. The molecule has 2 aromatic heterocycles. The number of carbonyl (C=O) groups excluding carboxylic acids is 1. The number of carbonyl (C=O) groups is 1. The van der Waals surface area contributed by atoms with Gasteiger partial charge in [0.25, 0.3) is 5.91 Å². The molecule has 0 aliphatic rings. The van der Waals surface area contributed by atoms with Crippen molar-refractivity contribution in [3.63, 3.8) is 0 Å². The van der Waals surface area contributed by atoms with Crippen LogP contribution in [0.1, 0.15) is 21.6 Å². The predicted molar refractivity (Wildman–Crippen MR) is 153 cm³/mol. The van der Waals surface area contributed by atoms with Gasteiger partial charge in [0.15, 0.2) is 0 Å². The summed E-state index contributed by atoms with van der Waals surface area (Å²) in [6.45, 7) is 2.36. The Hall–Kier alpha value is -3.87. The second kappa shape index (κ2) is 11.7. The fraction of sp³-hybridized carbons (Fsp3) is 0.226. The Morgan fingerprint density at radius 3 is 2.63 bits per heavy atom. The number of aromatic nitrogens is 3. The number of aryl methyl sites for hydroxylation is 2. The van der Waals surface area contributed by atoms with Gasteiger partial charge >= 0.3 is 0 Å². The van der Waals surface area contributed by atoms with Crippen molar-refractivity contribution in [2.45, 2.75) is 19.5 Å². The van der Waals surface area contributed by atoms with Crippen molar-refractivity contribution in [2.24, 2.45) is 0 Å². The van der Waals surface area contributed by atoms with Gasteiger partial charge in [0.2, 0.25) is 0 Å². The number of benzene rings is 3. The molecule has 0 fully saturated rings. The van der Waals surface area contributed by atoms with Crippen LogP contribution in [0.25, 0.3) is 21.9 Å². The maximum absolute atomic E-state index is 13.6. The van der Waals surface area contributed by atoms with E-state index >= 15 is 0 Å². The molecule has 0 N–H and O–H groups in total. The monoisotopic (exact) mass is 526 g/mol. The molecule has 194 valence electrons. The third-order valence-corrected chi connectivity index (χ3v) is 7.26. The van der Waals surface area contributed by atoms with Gasteiger partial charge in [0.05, 0.1) is 30.7 Å². The van der Waals surface area contributed by atoms with E-state index in [1.165, 1.54) is 0 Å². The maximum atomic E-state index is 13.6. The largest absolute Gasteiger partial charge is 0.383 e. The molecule has 5 rings (SSSR count). The summed E-state index contributed by atoms with van der Waals surface area (Å²) >= 11 is 6.37. The van der Waals surface area contributed by atoms with Crippen molar-refractivity contribution in [3.8, 4) is 11.1 Å². The highest BCUT2D eigenvalue weighted by Gasteiger charge is 2.21. The van der Waals surface area contributed by atoms with Gasteiger partial charge in [-0.25, -0.2) is 4.98 Å². The summed E-state index contributed by atoms with van der Waals surface area (Å²) in [7, 11) is 3.46. The topological polar surface area (TPSA) is 52.3 Å². The number of imidazole rings is 1. The van der Waals surface area contributed by atoms with Crippen molar-refractivity contribution >= 4 is 28.3 Å². The Labute approximate surface area is 228 Å². The maximum Gasteiger partial charge on any atom is 0.255 e. The molecule has 0 spiro atoms. The average Bonchev–Trinajstić information content (AvgIpc) is 3.57. The molecular weight excluding hydrogens is 496 g/mol. The summed E-state index contributed by atoms with van der Waals surface area (Å²) in [5.74, 6) is -0.0315. The number of hydrogen-bond acceptors (Lipinski definition) is 3. The minimum Gasteiger partial charge on any atom is -0.383 e. The van der Waals surface area contributed by atoms with E-state index in [4.69, 9.17) is 16.3 Å². The summed E-state index contributed by atoms with van der Waals surface area (Å²) in [5, 5.41) is 3.03. The van der Waals surface area contributed by atoms with Gasteiger partial charge in [-0.05, 0) is 34.4 Å². The van der Waals surface area contributed by atoms with Crippen LogP contribution in [0.2, 0.25) is 5.02 Å². The second-order valence-corrected chi connectivity index (χ2v) is 9.83. The van der Waals surface area contributed by atoms with Crippen LogP contribution >= 0.6 is 11.6 Å². The predicted octanol–water partition coefficient (Wildman–Crippen LogP) is 6.17. The zero-order valence-corrected chi connectivity index (χ0v) is 22.4. The van der Waals surface area contributed by atoms with E-state index in [2.05, 4.69) is 50.6 Å². The quantitative estimate of drug-likeness (QED) is 0.219. The van der Waals surface area contributed by atoms with Gasteiger partial charge in [-0.3, -0.25) is 4.79 Å². The Bertz CT molecular complexity index is 1550. The number of likely N-dealkylation sites (N-methyl/N-ethyl adjacent to an activating group) is 1. The van der Waals surface area contributed by atoms with E-state index in [9.17, 15) is 4.79 Å². The summed E-state index contributed by atoms with van der Waals surface area (Å²) in [5.41, 5.74) is 4.79. The Morgan fingerprint density at radius 1 is 1.00 bits per heavy atom. The normalized spacial score (nSPS) is 11.2. The molecule has 0 unspecified atom stereocenters. The van der Waals surface area contributed by atoms with Crippen LogP contribution in [-0.2, 0) is 24.2 Å². The zero-order chi connectivity index (χ0) is 26.5. The molecule has 0 bridgehead atoms. The SMILES string of the molecule is COCCN(C)C(=O)c1cn(Cc2cncn2CCc2ccccc2Cl)cc1-c1cccc2ccccc12. The van der Waals surface area contributed by atoms with Gasteiger partial charge < -0.3 is 18.8 Å². The first kappa shape index (κ1) is 25.8. The molecule has 2 heterocycles. The third kappa shape index (κ3) is 5.52. The highest BCUT2D eigenvalue weighted by molar-refractivity contribution is 6.31. The standard InChI is InChI=1S/C31H31ClN4O2/c1-34(16-17-38-2)31(37)29-21-35(20-28(29)27-12-7-10-23-8-3-5-11-26(23)27)19-25-18-33-22-36(25)15-14-24-9-4-6-13-30(24)32/h3-13,18,20-22H,14-17,19H2,1-2H3. The molecule has 1 amide bonds. The smallest absolute Gasteiger partial charge is 0.255 e. The summed E-state index contributed by atoms with van der Waals surface area (Å²) < 4.78 is 9.43. The zero-order valence-electron chi connectivity index (χ0n) is 21.7. The van der Waals surface area contributed by atoms with Crippen molar-refractivity contribution in [1.29, 1.82) is 0 Å². The lowest BCUT2D eigenvalue weighted by atomic mass is 9.97. The molecule has 0 atom stereocenters. The van der Waals surface area contributed by atoms with E-state index in [1.807, 2.05) is 62.2 Å². The first-order chi connectivity index (χ1) is 18.5. The molecule has 0 radical (unpaired) electrons. The number of ether oxygens (including phenoxy) is 1. The van der Waals surface area contributed by atoms with E-state index in [-0.39, 0.29) is 5.91 Å². The summed E-state index contributed by atoms with van der Waals surface area (Å²) in [6.07, 6.45) is 8.57. The van der Waals surface area contributed by atoms with Gasteiger partial charge in [-0.2, -0.15) is 0 Å². The van der Waals surface area contributed by atoms with Crippen molar-refractivity contribution in [3.05, 3.63) is 113 Å². The number of fused-ring (bicyclic) bond motifs is 1. The summed E-state index contributed by atoms with van der Waals surface area (Å²) in [4.78, 5) is 19.7. The number of halogens is 1. The van der Waals surface area contributed by atoms with Crippen molar-refractivity contribution in [1.82, 2.24) is 19.0 Å². The Balaban J connectivity index is 1.47. The van der Waals surface area contributed by atoms with Gasteiger partial charge in [0, 0.05) is 56.4 Å². The van der Waals surface area contributed by atoms with Crippen molar-refractivity contribution < 1.29 is 9.53 Å². The van der Waals surface area contributed by atoms with Gasteiger partial charge in [-0.1, -0.05) is 72.3 Å². The molecule has 38 heavy (non-hydrogen) atoms. The van der Waals surface area contributed by atoms with Crippen LogP contribution in [-0.4, -0.2) is 52.2 Å². The van der Waals surface area contributed by atoms with E-state index in [0.717, 1.165) is 51.1 Å². The number of amides is 1. The van der Waals surface area contributed by atoms with Crippen LogP contribution in [0.15, 0.2) is 91.6 Å². The van der Waals surface area contributed by atoms with Crippen LogP contribution in [0.5, 0.6) is 0 Å². The molecule has 7 heteroatoms. The molecule has 0 aliphatic carbocycles. The first-order valence-corrected chi connectivity index (χ1v) is 13.1. The first-order valence-electron chi connectivity index (χ1n) is 12.7. The average molecular weight is 527 g/mol. The van der Waals surface area contributed by atoms with Crippen LogP contribution in [0, 0.1) is 0 Å². The minimum atomic E-state index is -0.0315. The third-order valence-electron chi connectivity index (χ3n) is 6.89. The fourth-order valence-corrected chi connectivity index (χ4v) is 5.02. The molecule has 3 aromatic carbocycles. The second-order valence-electron chi connectivity index (χ2n) is 9.42. The van der Waals surface area contributed by atoms with Crippen LogP contribution < -0.4 is 0 Å². The fourth-order valence-electron chi connectivity index (χ4n) is 4.79.